The summed E-state index contributed by atoms with van der Waals surface area (Å²) in [5.74, 6) is -0.898. The van der Waals surface area contributed by atoms with Crippen LogP contribution in [-0.4, -0.2) is 23.4 Å². The van der Waals surface area contributed by atoms with Gasteiger partial charge in [0.25, 0.3) is 5.91 Å². The number of nitrogens with zero attached hydrogens (tertiary/aromatic N) is 1. The maximum absolute atomic E-state index is 12.1. The number of nitrogens with one attached hydrogen (secondary N) is 1. The largest absolute Gasteiger partial charge is 0.460 e. The number of para-hydroxylation sites is 1. The molecule has 0 bridgehead atoms. The number of ether oxygens (including phenoxy) is 1. The lowest BCUT2D eigenvalue weighted by molar-refractivity contribution is -0.143. The molecule has 0 spiro atoms. The summed E-state index contributed by atoms with van der Waals surface area (Å²) in [4.78, 5) is 28.1. The van der Waals surface area contributed by atoms with E-state index in [1.54, 1.807) is 6.07 Å². The van der Waals surface area contributed by atoms with E-state index in [9.17, 15) is 9.59 Å². The van der Waals surface area contributed by atoms with E-state index in [1.165, 1.54) is 0 Å². The molecule has 3 rings (SSSR count). The van der Waals surface area contributed by atoms with Gasteiger partial charge in [0.05, 0.1) is 5.52 Å². The zero-order valence-electron chi connectivity index (χ0n) is 12.9. The van der Waals surface area contributed by atoms with Crippen LogP contribution in [0.15, 0.2) is 66.7 Å². The zero-order valence-corrected chi connectivity index (χ0v) is 12.9. The average Bonchev–Trinajstić information content (AvgIpc) is 2.65. The summed E-state index contributed by atoms with van der Waals surface area (Å²) in [5.41, 5.74) is 1.90. The van der Waals surface area contributed by atoms with Gasteiger partial charge < -0.3 is 10.1 Å². The third-order valence-corrected chi connectivity index (χ3v) is 3.47. The fraction of sp³-hybridized carbons (Fsp3) is 0.105. The maximum atomic E-state index is 12.1. The molecule has 5 nitrogen and oxygen atoms in total. The number of aromatic nitrogens is 1. The molecule has 0 aliphatic heterocycles. The van der Waals surface area contributed by atoms with Crippen molar-refractivity contribution in [2.24, 2.45) is 0 Å². The van der Waals surface area contributed by atoms with E-state index in [1.807, 2.05) is 60.7 Å². The summed E-state index contributed by atoms with van der Waals surface area (Å²) >= 11 is 0. The second kappa shape index (κ2) is 7.37. The minimum Gasteiger partial charge on any atom is -0.460 e. The molecule has 1 N–H and O–H groups in total. The van der Waals surface area contributed by atoms with Crippen LogP contribution in [0.4, 0.5) is 0 Å². The van der Waals surface area contributed by atoms with Gasteiger partial charge in [-0.1, -0.05) is 54.6 Å². The van der Waals surface area contributed by atoms with Gasteiger partial charge in [0.2, 0.25) is 0 Å². The van der Waals surface area contributed by atoms with Gasteiger partial charge in [-0.15, -0.1) is 0 Å². The highest BCUT2D eigenvalue weighted by Gasteiger charge is 2.10. The standard InChI is InChI=1S/C19H16N2O3/c22-18(24-13-14-6-2-1-3-7-14)12-20-19(23)17-11-10-15-8-4-5-9-16(15)21-17/h1-11H,12-13H2,(H,20,23). The molecule has 5 heteroatoms. The molecule has 0 saturated heterocycles. The topological polar surface area (TPSA) is 68.3 Å². The molecule has 0 atom stereocenters. The van der Waals surface area contributed by atoms with Crippen molar-refractivity contribution in [3.8, 4) is 0 Å². The van der Waals surface area contributed by atoms with E-state index in [4.69, 9.17) is 4.74 Å². The maximum Gasteiger partial charge on any atom is 0.325 e. The Labute approximate surface area is 139 Å². The van der Waals surface area contributed by atoms with Crippen LogP contribution in [0.5, 0.6) is 0 Å². The molecule has 120 valence electrons. The van der Waals surface area contributed by atoms with Crippen molar-refractivity contribution in [2.45, 2.75) is 6.61 Å². The number of benzene rings is 2. The Bertz CT molecular complexity index is 863. The van der Waals surface area contributed by atoms with Crippen molar-refractivity contribution in [3.05, 3.63) is 78.0 Å². The first-order valence-electron chi connectivity index (χ1n) is 7.56. The molecule has 0 aliphatic carbocycles. The minimum atomic E-state index is -0.493. The number of rotatable bonds is 5. The summed E-state index contributed by atoms with van der Waals surface area (Å²) in [7, 11) is 0. The summed E-state index contributed by atoms with van der Waals surface area (Å²) in [5, 5.41) is 3.48. The van der Waals surface area contributed by atoms with E-state index in [-0.39, 0.29) is 18.8 Å². The quantitative estimate of drug-likeness (QED) is 0.734. The number of carbonyl (C=O) groups excluding carboxylic acids is 2. The molecule has 0 unspecified atom stereocenters. The van der Waals surface area contributed by atoms with Crippen LogP contribution in [0, 0.1) is 0 Å². The van der Waals surface area contributed by atoms with Crippen molar-refractivity contribution >= 4 is 22.8 Å². The molecular formula is C19H16N2O3. The molecular weight excluding hydrogens is 304 g/mol. The van der Waals surface area contributed by atoms with Crippen molar-refractivity contribution in [3.63, 3.8) is 0 Å². The summed E-state index contributed by atoms with van der Waals surface area (Å²) in [6.45, 7) is -0.00998. The summed E-state index contributed by atoms with van der Waals surface area (Å²) in [6, 6.07) is 20.3. The monoisotopic (exact) mass is 320 g/mol. The molecule has 1 heterocycles. The molecule has 1 aromatic heterocycles. The fourth-order valence-electron chi connectivity index (χ4n) is 2.22. The molecule has 0 saturated carbocycles. The number of fused-ring (bicyclic) bond motifs is 1. The van der Waals surface area contributed by atoms with Crippen LogP contribution < -0.4 is 5.32 Å². The van der Waals surface area contributed by atoms with Crippen molar-refractivity contribution in [1.29, 1.82) is 0 Å². The zero-order chi connectivity index (χ0) is 16.8. The lowest BCUT2D eigenvalue weighted by atomic mass is 10.2. The SMILES string of the molecule is O=C(CNC(=O)c1ccc2ccccc2n1)OCc1ccccc1. The molecule has 1 amide bonds. The van der Waals surface area contributed by atoms with Gasteiger partial charge in [0.1, 0.15) is 18.8 Å². The normalized spacial score (nSPS) is 10.3. The van der Waals surface area contributed by atoms with E-state index in [0.29, 0.717) is 0 Å². The second-order valence-electron chi connectivity index (χ2n) is 5.22. The Balaban J connectivity index is 1.53. The highest BCUT2D eigenvalue weighted by atomic mass is 16.5. The van der Waals surface area contributed by atoms with Crippen molar-refractivity contribution in [1.82, 2.24) is 10.3 Å². The number of hydrogen-bond acceptors (Lipinski definition) is 4. The van der Waals surface area contributed by atoms with Crippen LogP contribution in [0.25, 0.3) is 10.9 Å². The molecule has 0 aliphatic rings. The highest BCUT2D eigenvalue weighted by molar-refractivity contribution is 5.96. The van der Waals surface area contributed by atoms with E-state index in [0.717, 1.165) is 16.5 Å². The lowest BCUT2D eigenvalue weighted by Gasteiger charge is -2.07. The molecule has 3 aromatic rings. The van der Waals surface area contributed by atoms with Gasteiger partial charge >= 0.3 is 5.97 Å². The highest BCUT2D eigenvalue weighted by Crippen LogP contribution is 2.11. The molecule has 0 radical (unpaired) electrons. The Hall–Kier alpha value is -3.21. The van der Waals surface area contributed by atoms with Gasteiger partial charge in [0, 0.05) is 5.39 Å². The number of carbonyl (C=O) groups is 2. The summed E-state index contributed by atoms with van der Waals surface area (Å²) < 4.78 is 5.11. The predicted molar refractivity (Wildman–Crippen MR) is 90.3 cm³/mol. The van der Waals surface area contributed by atoms with E-state index < -0.39 is 11.9 Å². The van der Waals surface area contributed by atoms with Crippen molar-refractivity contribution in [2.75, 3.05) is 6.54 Å². The molecule has 0 fully saturated rings. The Morgan fingerprint density at radius 3 is 2.50 bits per heavy atom. The van der Waals surface area contributed by atoms with Crippen LogP contribution in [0.1, 0.15) is 16.1 Å². The van der Waals surface area contributed by atoms with Gasteiger partial charge in [-0.05, 0) is 17.7 Å². The molecule has 2 aromatic carbocycles. The fourth-order valence-corrected chi connectivity index (χ4v) is 2.22. The first-order valence-corrected chi connectivity index (χ1v) is 7.56. The van der Waals surface area contributed by atoms with Crippen LogP contribution >= 0.6 is 0 Å². The molecule has 24 heavy (non-hydrogen) atoms. The minimum absolute atomic E-state index is 0.184. The van der Waals surface area contributed by atoms with E-state index in [2.05, 4.69) is 10.3 Å². The van der Waals surface area contributed by atoms with Crippen molar-refractivity contribution < 1.29 is 14.3 Å². The Morgan fingerprint density at radius 1 is 0.917 bits per heavy atom. The average molecular weight is 320 g/mol. The van der Waals surface area contributed by atoms with Crippen LogP contribution in [0.2, 0.25) is 0 Å². The summed E-state index contributed by atoms with van der Waals surface area (Å²) in [6.07, 6.45) is 0. The number of esters is 1. The Morgan fingerprint density at radius 2 is 1.67 bits per heavy atom. The number of pyridine rings is 1. The smallest absolute Gasteiger partial charge is 0.325 e. The third kappa shape index (κ3) is 3.95. The lowest BCUT2D eigenvalue weighted by Crippen LogP contribution is -2.31. The van der Waals surface area contributed by atoms with Gasteiger partial charge in [-0.25, -0.2) is 4.98 Å². The van der Waals surface area contributed by atoms with Gasteiger partial charge in [-0.2, -0.15) is 0 Å². The second-order valence-corrected chi connectivity index (χ2v) is 5.22. The van der Waals surface area contributed by atoms with Crippen LogP contribution in [0.3, 0.4) is 0 Å². The Kier molecular flexibility index (Phi) is 4.81. The van der Waals surface area contributed by atoms with E-state index >= 15 is 0 Å². The van der Waals surface area contributed by atoms with Gasteiger partial charge in [0.15, 0.2) is 0 Å². The third-order valence-electron chi connectivity index (χ3n) is 3.47. The number of amides is 1. The van der Waals surface area contributed by atoms with Crippen LogP contribution in [-0.2, 0) is 16.1 Å². The first-order chi connectivity index (χ1) is 11.7. The predicted octanol–water partition coefficient (Wildman–Crippen LogP) is 2.71. The number of hydrogen-bond donors (Lipinski definition) is 1. The van der Waals surface area contributed by atoms with Gasteiger partial charge in [-0.3, -0.25) is 9.59 Å². The first kappa shape index (κ1) is 15.7.